The molecule has 1 N–H and O–H groups in total. The third-order valence-electron chi connectivity index (χ3n) is 3.89. The van der Waals surface area contributed by atoms with Gasteiger partial charge in [0.1, 0.15) is 0 Å². The number of hydrogen-bond acceptors (Lipinski definition) is 4. The minimum Gasteiger partial charge on any atom is -0.354 e. The topological polar surface area (TPSA) is 58.1 Å². The molecule has 1 aliphatic carbocycles. The predicted octanol–water partition coefficient (Wildman–Crippen LogP) is 1.46. The Labute approximate surface area is 113 Å². The molecule has 1 aliphatic heterocycles. The molecule has 1 aromatic rings. The van der Waals surface area contributed by atoms with Crippen molar-refractivity contribution in [2.24, 2.45) is 5.92 Å². The maximum atomic E-state index is 11.8. The molecule has 1 saturated heterocycles. The number of nitrogens with zero attached hydrogens (tertiary/aromatic N) is 3. The van der Waals surface area contributed by atoms with Crippen LogP contribution in [0.5, 0.6) is 0 Å². The van der Waals surface area contributed by atoms with Crippen LogP contribution in [0.1, 0.15) is 31.7 Å². The summed E-state index contributed by atoms with van der Waals surface area (Å²) in [6.07, 6.45) is 7.70. The highest BCUT2D eigenvalue weighted by molar-refractivity contribution is 5.79. The molecular weight excluding hydrogens is 240 g/mol. The fourth-order valence-electron chi connectivity index (χ4n) is 2.55. The second-order valence-corrected chi connectivity index (χ2v) is 5.50. The lowest BCUT2D eigenvalue weighted by atomic mass is 10.1. The first kappa shape index (κ1) is 12.4. The number of amides is 1. The number of carbonyl (C=O) groups is 1. The van der Waals surface area contributed by atoms with Crippen LogP contribution in [0.4, 0.5) is 5.95 Å². The van der Waals surface area contributed by atoms with Crippen LogP contribution in [0.2, 0.25) is 0 Å². The van der Waals surface area contributed by atoms with E-state index in [-0.39, 0.29) is 0 Å². The number of likely N-dealkylation sites (tertiary alicyclic amines) is 1. The summed E-state index contributed by atoms with van der Waals surface area (Å²) in [6.45, 7) is 3.76. The molecule has 1 atom stereocenters. The van der Waals surface area contributed by atoms with Gasteiger partial charge in [0.15, 0.2) is 0 Å². The number of hydrogen-bond donors (Lipinski definition) is 1. The van der Waals surface area contributed by atoms with Crippen LogP contribution in [0.25, 0.3) is 0 Å². The Hall–Kier alpha value is -1.65. The molecule has 19 heavy (non-hydrogen) atoms. The Bertz CT molecular complexity index is 455. The number of anilines is 1. The standard InChI is InChI=1S/C14H20N4O/c1-2-10-6-15-14(16-7-10)17-8-11-5-13(19)18(9-11)12-3-4-12/h6-7,11-12H,2-5,8-9H2,1H3,(H,15,16,17)/t11-/m1/s1. The van der Waals surface area contributed by atoms with Crippen molar-refractivity contribution in [1.82, 2.24) is 14.9 Å². The molecule has 2 heterocycles. The van der Waals surface area contributed by atoms with Crippen LogP contribution in [0, 0.1) is 5.92 Å². The lowest BCUT2D eigenvalue weighted by Gasteiger charge is -2.15. The van der Waals surface area contributed by atoms with E-state index in [0.29, 0.717) is 30.2 Å². The van der Waals surface area contributed by atoms with Gasteiger partial charge in [-0.25, -0.2) is 9.97 Å². The normalized spacial score (nSPS) is 22.9. The van der Waals surface area contributed by atoms with Crippen LogP contribution < -0.4 is 5.32 Å². The summed E-state index contributed by atoms with van der Waals surface area (Å²) < 4.78 is 0. The number of carbonyl (C=O) groups excluding carboxylic acids is 1. The van der Waals surface area contributed by atoms with Gasteiger partial charge in [0.2, 0.25) is 11.9 Å². The molecule has 0 bridgehead atoms. The zero-order valence-electron chi connectivity index (χ0n) is 11.3. The average molecular weight is 260 g/mol. The molecule has 0 aromatic carbocycles. The quantitative estimate of drug-likeness (QED) is 0.871. The van der Waals surface area contributed by atoms with E-state index in [1.165, 1.54) is 12.8 Å². The Kier molecular flexibility index (Phi) is 3.36. The first-order valence-corrected chi connectivity index (χ1v) is 7.10. The average Bonchev–Trinajstić information content (AvgIpc) is 3.21. The third kappa shape index (κ3) is 2.85. The smallest absolute Gasteiger partial charge is 0.223 e. The van der Waals surface area contributed by atoms with Crippen molar-refractivity contribution in [3.63, 3.8) is 0 Å². The second-order valence-electron chi connectivity index (χ2n) is 5.50. The van der Waals surface area contributed by atoms with Gasteiger partial charge in [-0.15, -0.1) is 0 Å². The lowest BCUT2D eigenvalue weighted by Crippen LogP contribution is -2.28. The molecule has 2 fully saturated rings. The minimum atomic E-state index is 0.316. The van der Waals surface area contributed by atoms with Gasteiger partial charge in [0, 0.05) is 43.9 Å². The Morgan fingerprint density at radius 3 is 2.74 bits per heavy atom. The largest absolute Gasteiger partial charge is 0.354 e. The summed E-state index contributed by atoms with van der Waals surface area (Å²) in [6, 6.07) is 0.539. The Morgan fingerprint density at radius 2 is 2.11 bits per heavy atom. The van der Waals surface area contributed by atoms with E-state index in [0.717, 1.165) is 25.1 Å². The summed E-state index contributed by atoms with van der Waals surface area (Å²) in [7, 11) is 0. The van der Waals surface area contributed by atoms with Crippen LogP contribution >= 0.6 is 0 Å². The highest BCUT2D eigenvalue weighted by Crippen LogP contribution is 2.32. The van der Waals surface area contributed by atoms with Crippen LogP contribution in [0.15, 0.2) is 12.4 Å². The Balaban J connectivity index is 1.50. The predicted molar refractivity (Wildman–Crippen MR) is 72.7 cm³/mol. The van der Waals surface area contributed by atoms with Gasteiger partial charge in [0.05, 0.1) is 0 Å². The zero-order valence-corrected chi connectivity index (χ0v) is 11.3. The molecule has 3 rings (SSSR count). The molecule has 1 saturated carbocycles. The van der Waals surface area contributed by atoms with E-state index in [2.05, 4.69) is 22.2 Å². The van der Waals surface area contributed by atoms with E-state index in [1.54, 1.807) is 0 Å². The van der Waals surface area contributed by atoms with E-state index in [1.807, 2.05) is 17.3 Å². The summed E-state index contributed by atoms with van der Waals surface area (Å²) in [4.78, 5) is 22.4. The zero-order chi connectivity index (χ0) is 13.2. The molecule has 1 amide bonds. The van der Waals surface area contributed by atoms with Gasteiger partial charge >= 0.3 is 0 Å². The van der Waals surface area contributed by atoms with E-state index >= 15 is 0 Å². The lowest BCUT2D eigenvalue weighted by molar-refractivity contribution is -0.128. The SMILES string of the molecule is CCc1cnc(NC[C@H]2CC(=O)N(C3CC3)C2)nc1. The minimum absolute atomic E-state index is 0.316. The molecule has 0 spiro atoms. The summed E-state index contributed by atoms with van der Waals surface area (Å²) in [5.74, 6) is 1.37. The Morgan fingerprint density at radius 1 is 1.37 bits per heavy atom. The van der Waals surface area contributed by atoms with Gasteiger partial charge in [-0.3, -0.25) is 4.79 Å². The van der Waals surface area contributed by atoms with Gasteiger partial charge < -0.3 is 10.2 Å². The third-order valence-corrected chi connectivity index (χ3v) is 3.89. The van der Waals surface area contributed by atoms with Crippen molar-refractivity contribution >= 4 is 11.9 Å². The maximum absolute atomic E-state index is 11.8. The summed E-state index contributed by atoms with van der Waals surface area (Å²) >= 11 is 0. The van der Waals surface area contributed by atoms with E-state index < -0.39 is 0 Å². The molecule has 1 aromatic heterocycles. The highest BCUT2D eigenvalue weighted by Gasteiger charge is 2.39. The van der Waals surface area contributed by atoms with Crippen molar-refractivity contribution in [3.05, 3.63) is 18.0 Å². The first-order valence-electron chi connectivity index (χ1n) is 7.10. The molecule has 2 aliphatic rings. The molecule has 0 unspecified atom stereocenters. The molecule has 5 heteroatoms. The molecular formula is C14H20N4O. The molecule has 102 valence electrons. The van der Waals surface area contributed by atoms with Gasteiger partial charge in [0.25, 0.3) is 0 Å². The highest BCUT2D eigenvalue weighted by atomic mass is 16.2. The van der Waals surface area contributed by atoms with Crippen molar-refractivity contribution in [1.29, 1.82) is 0 Å². The first-order chi connectivity index (χ1) is 9.26. The van der Waals surface area contributed by atoms with Crippen molar-refractivity contribution in [2.75, 3.05) is 18.4 Å². The van der Waals surface area contributed by atoms with Crippen LogP contribution in [-0.4, -0.2) is 39.9 Å². The number of aryl methyl sites for hydroxylation is 1. The van der Waals surface area contributed by atoms with Crippen LogP contribution in [0.3, 0.4) is 0 Å². The fourth-order valence-corrected chi connectivity index (χ4v) is 2.55. The van der Waals surface area contributed by atoms with Gasteiger partial charge in [-0.05, 0) is 24.8 Å². The van der Waals surface area contributed by atoms with Crippen LogP contribution in [-0.2, 0) is 11.2 Å². The van der Waals surface area contributed by atoms with Crippen molar-refractivity contribution in [3.8, 4) is 0 Å². The number of rotatable bonds is 5. The maximum Gasteiger partial charge on any atom is 0.223 e. The van der Waals surface area contributed by atoms with Gasteiger partial charge in [-0.2, -0.15) is 0 Å². The molecule has 5 nitrogen and oxygen atoms in total. The number of aromatic nitrogens is 2. The molecule has 0 radical (unpaired) electrons. The van der Waals surface area contributed by atoms with E-state index in [9.17, 15) is 4.79 Å². The summed E-state index contributed by atoms with van der Waals surface area (Å²) in [5, 5.41) is 3.24. The van der Waals surface area contributed by atoms with Gasteiger partial charge in [-0.1, -0.05) is 6.92 Å². The second kappa shape index (κ2) is 5.15. The number of nitrogens with one attached hydrogen (secondary N) is 1. The fraction of sp³-hybridized carbons (Fsp3) is 0.643. The van der Waals surface area contributed by atoms with Crippen molar-refractivity contribution < 1.29 is 4.79 Å². The monoisotopic (exact) mass is 260 g/mol. The van der Waals surface area contributed by atoms with E-state index in [4.69, 9.17) is 0 Å². The summed E-state index contributed by atoms with van der Waals surface area (Å²) in [5.41, 5.74) is 1.14. The van der Waals surface area contributed by atoms with Crippen molar-refractivity contribution in [2.45, 2.75) is 38.6 Å².